The van der Waals surface area contributed by atoms with E-state index in [0.717, 1.165) is 24.0 Å². The number of rotatable bonds is 7. The standard InChI is InChI=1S/C21H23N5O2S/c1-4-29(27)17-13-9-8-12-16(17)14(2)24-18(19(22)23-3)21-26-25-20(28-21)15-10-6-5-7-11-15/h6,8-13H,3-5,7,22H2,1-2H3/b19-18-,24-14+. The van der Waals surface area contributed by atoms with Crippen molar-refractivity contribution in [3.05, 3.63) is 65.7 Å². The van der Waals surface area contributed by atoms with Gasteiger partial charge in [-0.1, -0.05) is 30.4 Å². The first-order valence-electron chi connectivity index (χ1n) is 9.25. The lowest BCUT2D eigenvalue weighted by Gasteiger charge is -2.12. The Balaban J connectivity index is 2.02. The highest BCUT2D eigenvalue weighted by molar-refractivity contribution is 7.91. The Labute approximate surface area is 173 Å². The quantitative estimate of drug-likeness (QED) is 0.553. The van der Waals surface area contributed by atoms with Crippen LogP contribution in [0.5, 0.6) is 0 Å². The van der Waals surface area contributed by atoms with Crippen molar-refractivity contribution >= 4 is 34.9 Å². The van der Waals surface area contributed by atoms with E-state index in [4.69, 9.17) is 10.2 Å². The molecule has 0 saturated carbocycles. The van der Waals surface area contributed by atoms with Gasteiger partial charge < -0.3 is 14.7 Å². The summed E-state index contributed by atoms with van der Waals surface area (Å²) in [6.07, 6.45) is 7.96. The van der Waals surface area contributed by atoms with E-state index in [2.05, 4.69) is 33.0 Å². The van der Waals surface area contributed by atoms with Gasteiger partial charge in [0.25, 0.3) is 5.89 Å². The molecule has 2 aromatic rings. The third kappa shape index (κ3) is 4.72. The summed E-state index contributed by atoms with van der Waals surface area (Å²) in [5.41, 5.74) is 8.48. The van der Waals surface area contributed by atoms with Gasteiger partial charge in [-0.05, 0) is 56.7 Å². The van der Waals surface area contributed by atoms with Crippen LogP contribution in [0.4, 0.5) is 0 Å². The molecule has 1 atom stereocenters. The fourth-order valence-electron chi connectivity index (χ4n) is 2.84. The van der Waals surface area contributed by atoms with Crippen LogP contribution < -0.4 is 5.73 Å². The number of hydrogen-bond acceptors (Lipinski definition) is 7. The number of benzene rings is 1. The second-order valence-corrected chi connectivity index (χ2v) is 7.98. The molecule has 0 amide bonds. The van der Waals surface area contributed by atoms with E-state index < -0.39 is 11.2 Å². The van der Waals surface area contributed by atoms with Crippen LogP contribution in [-0.4, -0.2) is 32.9 Å². The number of nitrogens with two attached hydrogens (primary N) is 1. The largest absolute Gasteiger partial charge is 0.611 e. The number of nitrogens with zero attached hydrogens (tertiary/aromatic N) is 4. The Kier molecular flexibility index (Phi) is 6.79. The minimum absolute atomic E-state index is 0.0711. The fourth-order valence-corrected chi connectivity index (χ4v) is 3.85. The summed E-state index contributed by atoms with van der Waals surface area (Å²) in [6, 6.07) is 7.43. The number of hydrogen-bond donors (Lipinski definition) is 1. The highest BCUT2D eigenvalue weighted by Crippen LogP contribution is 2.26. The second-order valence-electron chi connectivity index (χ2n) is 6.27. The molecule has 8 heteroatoms. The van der Waals surface area contributed by atoms with Crippen molar-refractivity contribution < 1.29 is 8.97 Å². The molecule has 1 heterocycles. The smallest absolute Gasteiger partial charge is 0.270 e. The van der Waals surface area contributed by atoms with E-state index in [9.17, 15) is 4.55 Å². The maximum Gasteiger partial charge on any atom is 0.270 e. The fraction of sp³-hybridized carbons (Fsp3) is 0.238. The molecule has 2 N–H and O–H groups in total. The number of aromatic nitrogens is 2. The van der Waals surface area contributed by atoms with Gasteiger partial charge in [0.05, 0.1) is 11.3 Å². The Hall–Kier alpha value is -2.97. The molecule has 0 fully saturated rings. The van der Waals surface area contributed by atoms with Crippen LogP contribution in [0.1, 0.15) is 44.0 Å². The first-order chi connectivity index (χ1) is 14.0. The normalized spacial score (nSPS) is 16.2. The SMILES string of the molecule is C=N/C(N)=C(\N=C(/C)c1ccccc1[S+]([O-])CC)c1nnc(C2=CCCC=C2)o1. The Bertz CT molecular complexity index is 1020. The second kappa shape index (κ2) is 9.49. The van der Waals surface area contributed by atoms with Crippen LogP contribution in [0.2, 0.25) is 0 Å². The highest BCUT2D eigenvalue weighted by atomic mass is 32.2. The summed E-state index contributed by atoms with van der Waals surface area (Å²) in [5.74, 6) is 1.13. The molecule has 1 aromatic heterocycles. The summed E-state index contributed by atoms with van der Waals surface area (Å²) >= 11 is -1.12. The number of aliphatic imine (C=N–C) groups is 2. The van der Waals surface area contributed by atoms with E-state index in [1.807, 2.05) is 50.3 Å². The summed E-state index contributed by atoms with van der Waals surface area (Å²) in [4.78, 5) is 9.10. The predicted molar refractivity (Wildman–Crippen MR) is 117 cm³/mol. The van der Waals surface area contributed by atoms with Crippen molar-refractivity contribution in [2.45, 2.75) is 31.6 Å². The van der Waals surface area contributed by atoms with Crippen LogP contribution in [0.25, 0.3) is 11.3 Å². The minimum Gasteiger partial charge on any atom is -0.611 e. The molecule has 3 rings (SSSR count). The Morgan fingerprint density at radius 2 is 2.10 bits per heavy atom. The lowest BCUT2D eigenvalue weighted by Crippen LogP contribution is -2.10. The van der Waals surface area contributed by atoms with Gasteiger partial charge in [-0.25, -0.2) is 9.98 Å². The van der Waals surface area contributed by atoms with E-state index >= 15 is 0 Å². The van der Waals surface area contributed by atoms with Gasteiger partial charge in [-0.15, -0.1) is 10.2 Å². The van der Waals surface area contributed by atoms with Crippen molar-refractivity contribution in [3.63, 3.8) is 0 Å². The van der Waals surface area contributed by atoms with Gasteiger partial charge in [0.2, 0.25) is 5.89 Å². The first-order valence-corrected chi connectivity index (χ1v) is 10.6. The Morgan fingerprint density at radius 3 is 2.79 bits per heavy atom. The highest BCUT2D eigenvalue weighted by Gasteiger charge is 2.20. The van der Waals surface area contributed by atoms with Crippen LogP contribution in [0, 0.1) is 0 Å². The molecule has 0 radical (unpaired) electrons. The van der Waals surface area contributed by atoms with Crippen LogP contribution in [0.3, 0.4) is 0 Å². The molecule has 1 aromatic carbocycles. The topological polar surface area (TPSA) is 113 Å². The van der Waals surface area contributed by atoms with Gasteiger partial charge >= 0.3 is 0 Å². The average Bonchev–Trinajstić information content (AvgIpc) is 3.26. The van der Waals surface area contributed by atoms with Crippen LogP contribution >= 0.6 is 0 Å². The van der Waals surface area contributed by atoms with Crippen molar-refractivity contribution in [2.75, 3.05) is 5.75 Å². The molecule has 0 saturated heterocycles. The molecular weight excluding hydrogens is 386 g/mol. The zero-order chi connectivity index (χ0) is 20.8. The van der Waals surface area contributed by atoms with Gasteiger partial charge in [0.1, 0.15) is 5.75 Å². The minimum atomic E-state index is -1.12. The monoisotopic (exact) mass is 409 g/mol. The Morgan fingerprint density at radius 1 is 1.31 bits per heavy atom. The zero-order valence-corrected chi connectivity index (χ0v) is 17.3. The zero-order valence-electron chi connectivity index (χ0n) is 16.5. The van der Waals surface area contributed by atoms with E-state index in [1.54, 1.807) is 0 Å². The molecule has 1 aliphatic rings. The van der Waals surface area contributed by atoms with Gasteiger partial charge in [-0.2, -0.15) is 0 Å². The van der Waals surface area contributed by atoms with E-state index in [0.29, 0.717) is 22.3 Å². The maximum atomic E-state index is 12.4. The van der Waals surface area contributed by atoms with Crippen molar-refractivity contribution in [1.29, 1.82) is 0 Å². The lowest BCUT2D eigenvalue weighted by molar-refractivity contribution is 0.523. The molecular formula is C21H23N5O2S. The molecule has 0 aliphatic heterocycles. The average molecular weight is 410 g/mol. The molecule has 0 bridgehead atoms. The van der Waals surface area contributed by atoms with Gasteiger partial charge in [-0.3, -0.25) is 0 Å². The predicted octanol–water partition coefficient (Wildman–Crippen LogP) is 3.73. The first kappa shape index (κ1) is 20.8. The van der Waals surface area contributed by atoms with Gasteiger partial charge in [0, 0.05) is 5.57 Å². The molecule has 0 spiro atoms. The molecule has 1 aliphatic carbocycles. The van der Waals surface area contributed by atoms with E-state index in [1.165, 1.54) is 0 Å². The molecule has 7 nitrogen and oxygen atoms in total. The summed E-state index contributed by atoms with van der Waals surface area (Å²) in [6.45, 7) is 7.16. The van der Waals surface area contributed by atoms with Crippen molar-refractivity contribution in [1.82, 2.24) is 10.2 Å². The summed E-state index contributed by atoms with van der Waals surface area (Å²) in [7, 11) is 0. The third-order valence-corrected chi connectivity index (χ3v) is 5.72. The lowest BCUT2D eigenvalue weighted by atomic mass is 10.1. The number of allylic oxidation sites excluding steroid dienone is 4. The maximum absolute atomic E-state index is 12.4. The van der Waals surface area contributed by atoms with Crippen molar-refractivity contribution in [3.8, 4) is 0 Å². The molecule has 150 valence electrons. The van der Waals surface area contributed by atoms with Crippen LogP contribution in [-0.2, 0) is 11.2 Å². The van der Waals surface area contributed by atoms with Crippen molar-refractivity contribution in [2.24, 2.45) is 15.7 Å². The third-order valence-electron chi connectivity index (χ3n) is 4.35. The summed E-state index contributed by atoms with van der Waals surface area (Å²) in [5, 5.41) is 8.21. The molecule has 29 heavy (non-hydrogen) atoms. The van der Waals surface area contributed by atoms with Crippen LogP contribution in [0.15, 0.2) is 67.6 Å². The van der Waals surface area contributed by atoms with E-state index in [-0.39, 0.29) is 17.4 Å². The molecule has 1 unspecified atom stereocenters. The van der Waals surface area contributed by atoms with Gasteiger partial charge in [0.15, 0.2) is 16.4 Å². The summed E-state index contributed by atoms with van der Waals surface area (Å²) < 4.78 is 18.2.